The third-order valence-electron chi connectivity index (χ3n) is 5.60. The number of nitrogens with zero attached hydrogens (tertiary/aromatic N) is 3. The molecule has 0 amide bonds. The standard InChI is InChI=1S/C26H24ClFN4O3/c1-14(18-10-16(24(33)35-4)5-7-21(18)28)32-23-19-9-15(6-8-22(19)29-13-20(23)27)17-11-30-25(31-12-17)26(2,3)34/h5-14,34H,1-4H3,(H,29,32)/t14-/m1/s1. The Morgan fingerprint density at radius 2 is 1.80 bits per heavy atom. The lowest BCUT2D eigenvalue weighted by Gasteiger charge is -2.20. The molecule has 9 heteroatoms. The van der Waals surface area contributed by atoms with Gasteiger partial charge in [-0.25, -0.2) is 19.2 Å². The number of anilines is 1. The summed E-state index contributed by atoms with van der Waals surface area (Å²) >= 11 is 6.50. The summed E-state index contributed by atoms with van der Waals surface area (Å²) in [5.41, 5.74) is 2.22. The summed E-state index contributed by atoms with van der Waals surface area (Å²) in [6, 6.07) is 9.18. The molecule has 0 aliphatic rings. The van der Waals surface area contributed by atoms with Gasteiger partial charge in [0.05, 0.1) is 34.9 Å². The Morgan fingerprint density at radius 3 is 2.46 bits per heavy atom. The summed E-state index contributed by atoms with van der Waals surface area (Å²) in [6.45, 7) is 5.01. The van der Waals surface area contributed by atoms with Crippen molar-refractivity contribution in [2.24, 2.45) is 0 Å². The predicted molar refractivity (Wildman–Crippen MR) is 133 cm³/mol. The maximum Gasteiger partial charge on any atom is 0.337 e. The second-order valence-electron chi connectivity index (χ2n) is 8.66. The van der Waals surface area contributed by atoms with Crippen molar-refractivity contribution < 1.29 is 19.0 Å². The molecule has 0 saturated carbocycles. The Bertz CT molecular complexity index is 1400. The van der Waals surface area contributed by atoms with Crippen molar-refractivity contribution in [3.63, 3.8) is 0 Å². The van der Waals surface area contributed by atoms with E-state index < -0.39 is 23.4 Å². The lowest BCUT2D eigenvalue weighted by molar-refractivity contribution is 0.0600. The summed E-state index contributed by atoms with van der Waals surface area (Å²) in [7, 11) is 1.27. The van der Waals surface area contributed by atoms with Crippen LogP contribution in [0.4, 0.5) is 10.1 Å². The summed E-state index contributed by atoms with van der Waals surface area (Å²) in [6.07, 6.45) is 4.81. The highest BCUT2D eigenvalue weighted by molar-refractivity contribution is 6.34. The molecule has 2 aromatic heterocycles. The fourth-order valence-electron chi connectivity index (χ4n) is 3.70. The Labute approximate surface area is 207 Å². The number of esters is 1. The molecule has 35 heavy (non-hydrogen) atoms. The lowest BCUT2D eigenvalue weighted by atomic mass is 10.0. The highest BCUT2D eigenvalue weighted by Crippen LogP contribution is 2.35. The number of aromatic nitrogens is 3. The van der Waals surface area contributed by atoms with Crippen LogP contribution in [0.3, 0.4) is 0 Å². The van der Waals surface area contributed by atoms with Gasteiger partial charge in [-0.15, -0.1) is 0 Å². The zero-order chi connectivity index (χ0) is 25.3. The summed E-state index contributed by atoms with van der Waals surface area (Å²) in [5, 5.41) is 14.5. The van der Waals surface area contributed by atoms with Gasteiger partial charge in [-0.3, -0.25) is 4.98 Å². The molecule has 0 unspecified atom stereocenters. The molecule has 0 spiro atoms. The van der Waals surface area contributed by atoms with Crippen molar-refractivity contribution in [3.05, 3.63) is 82.8 Å². The number of aliphatic hydroxyl groups is 1. The highest BCUT2D eigenvalue weighted by Gasteiger charge is 2.20. The minimum absolute atomic E-state index is 0.250. The van der Waals surface area contributed by atoms with E-state index in [0.29, 0.717) is 27.6 Å². The van der Waals surface area contributed by atoms with Gasteiger partial charge in [-0.05, 0) is 56.7 Å². The largest absolute Gasteiger partial charge is 0.465 e. The van der Waals surface area contributed by atoms with Crippen LogP contribution in [0, 0.1) is 5.82 Å². The number of fused-ring (bicyclic) bond motifs is 1. The van der Waals surface area contributed by atoms with Gasteiger partial charge in [0.25, 0.3) is 0 Å². The lowest BCUT2D eigenvalue weighted by Crippen LogP contribution is -2.19. The van der Waals surface area contributed by atoms with E-state index in [0.717, 1.165) is 16.5 Å². The van der Waals surface area contributed by atoms with Crippen molar-refractivity contribution in [1.29, 1.82) is 0 Å². The topological polar surface area (TPSA) is 97.2 Å². The number of hydrogen-bond donors (Lipinski definition) is 2. The van der Waals surface area contributed by atoms with Gasteiger partial charge in [0.2, 0.25) is 0 Å². The molecule has 4 rings (SSSR count). The quantitative estimate of drug-likeness (QED) is 0.333. The summed E-state index contributed by atoms with van der Waals surface area (Å²) < 4.78 is 19.4. The fraction of sp³-hybridized carbons (Fsp3) is 0.231. The zero-order valence-corrected chi connectivity index (χ0v) is 20.4. The van der Waals surface area contributed by atoms with Crippen molar-refractivity contribution >= 4 is 34.2 Å². The molecular weight excluding hydrogens is 471 g/mol. The van der Waals surface area contributed by atoms with Crippen molar-refractivity contribution in [2.75, 3.05) is 12.4 Å². The number of methoxy groups -OCH3 is 1. The number of carbonyl (C=O) groups excluding carboxylic acids is 1. The third kappa shape index (κ3) is 5.08. The molecular formula is C26H24ClFN4O3. The Morgan fingerprint density at radius 1 is 1.09 bits per heavy atom. The number of nitrogens with one attached hydrogen (secondary N) is 1. The van der Waals surface area contributed by atoms with Gasteiger partial charge in [0, 0.05) is 35.1 Å². The first-order valence-electron chi connectivity index (χ1n) is 10.9. The normalized spacial score (nSPS) is 12.4. The number of benzene rings is 2. The molecule has 0 fully saturated rings. The van der Waals surface area contributed by atoms with Crippen LogP contribution in [-0.4, -0.2) is 33.1 Å². The highest BCUT2D eigenvalue weighted by atomic mass is 35.5. The van der Waals surface area contributed by atoms with Crippen molar-refractivity contribution in [3.8, 4) is 11.1 Å². The number of pyridine rings is 1. The van der Waals surface area contributed by atoms with Gasteiger partial charge < -0.3 is 15.2 Å². The Balaban J connectivity index is 1.73. The van der Waals surface area contributed by atoms with E-state index in [1.54, 1.807) is 33.2 Å². The smallest absolute Gasteiger partial charge is 0.337 e. The molecule has 2 heterocycles. The maximum atomic E-state index is 14.6. The number of halogens is 2. The minimum Gasteiger partial charge on any atom is -0.465 e. The van der Waals surface area contributed by atoms with E-state index in [4.69, 9.17) is 16.3 Å². The van der Waals surface area contributed by atoms with Crippen LogP contribution in [0.2, 0.25) is 5.02 Å². The third-order valence-corrected chi connectivity index (χ3v) is 5.89. The minimum atomic E-state index is -1.15. The van der Waals surface area contributed by atoms with Crippen molar-refractivity contribution in [1.82, 2.24) is 15.0 Å². The van der Waals surface area contributed by atoms with E-state index in [-0.39, 0.29) is 5.56 Å². The van der Waals surface area contributed by atoms with Crippen LogP contribution >= 0.6 is 11.6 Å². The zero-order valence-electron chi connectivity index (χ0n) is 19.6. The van der Waals surface area contributed by atoms with Crippen molar-refractivity contribution in [2.45, 2.75) is 32.4 Å². The molecule has 7 nitrogen and oxygen atoms in total. The summed E-state index contributed by atoms with van der Waals surface area (Å²) in [5.74, 6) is -0.690. The van der Waals surface area contributed by atoms with Crippen LogP contribution in [0.1, 0.15) is 48.6 Å². The maximum absolute atomic E-state index is 14.6. The molecule has 2 aromatic carbocycles. The number of ether oxygens (including phenoxy) is 1. The van der Waals surface area contributed by atoms with Crippen LogP contribution < -0.4 is 5.32 Å². The molecule has 4 aromatic rings. The average Bonchev–Trinajstić information content (AvgIpc) is 2.84. The predicted octanol–water partition coefficient (Wildman–Crippen LogP) is 5.67. The van der Waals surface area contributed by atoms with Gasteiger partial charge in [-0.1, -0.05) is 17.7 Å². The molecule has 2 N–H and O–H groups in total. The van der Waals surface area contributed by atoms with Crippen LogP contribution in [0.15, 0.2) is 55.0 Å². The van der Waals surface area contributed by atoms with E-state index in [9.17, 15) is 14.3 Å². The molecule has 0 aliphatic heterocycles. The number of rotatable bonds is 6. The van der Waals surface area contributed by atoms with Gasteiger partial charge in [0.1, 0.15) is 11.4 Å². The van der Waals surface area contributed by atoms with Gasteiger partial charge in [-0.2, -0.15) is 0 Å². The van der Waals surface area contributed by atoms with Crippen LogP contribution in [-0.2, 0) is 10.3 Å². The Kier molecular flexibility index (Phi) is 6.69. The van der Waals surface area contributed by atoms with Crippen LogP contribution in [0.25, 0.3) is 22.0 Å². The first-order chi connectivity index (χ1) is 16.6. The van der Waals surface area contributed by atoms with E-state index >= 15 is 0 Å². The number of carbonyl (C=O) groups is 1. The molecule has 0 radical (unpaired) electrons. The van der Waals surface area contributed by atoms with E-state index in [1.807, 2.05) is 18.2 Å². The first kappa shape index (κ1) is 24.5. The molecule has 0 bridgehead atoms. The number of hydrogen-bond acceptors (Lipinski definition) is 7. The summed E-state index contributed by atoms with van der Waals surface area (Å²) in [4.78, 5) is 24.9. The molecule has 180 valence electrons. The fourth-order valence-corrected chi connectivity index (χ4v) is 3.91. The van der Waals surface area contributed by atoms with E-state index in [1.165, 1.54) is 31.5 Å². The van der Waals surface area contributed by atoms with E-state index in [2.05, 4.69) is 20.3 Å². The molecule has 0 aliphatic carbocycles. The van der Waals surface area contributed by atoms with Crippen LogP contribution in [0.5, 0.6) is 0 Å². The first-order valence-corrected chi connectivity index (χ1v) is 11.2. The van der Waals surface area contributed by atoms with Gasteiger partial charge in [0.15, 0.2) is 5.82 Å². The Hall–Kier alpha value is -3.62. The van der Waals surface area contributed by atoms with Gasteiger partial charge >= 0.3 is 5.97 Å². The second kappa shape index (κ2) is 9.56. The second-order valence-corrected chi connectivity index (χ2v) is 9.07. The average molecular weight is 495 g/mol. The molecule has 1 atom stereocenters. The molecule has 0 saturated heterocycles. The monoisotopic (exact) mass is 494 g/mol. The SMILES string of the molecule is COC(=O)c1ccc(F)c([C@@H](C)Nc2c(Cl)cnc3ccc(-c4cnc(C(C)(C)O)nc4)cc23)c1.